The van der Waals surface area contributed by atoms with E-state index in [0.717, 1.165) is 5.69 Å². The van der Waals surface area contributed by atoms with Crippen molar-refractivity contribution in [2.45, 2.75) is 6.92 Å². The Hall–Kier alpha value is -1.84. The van der Waals surface area contributed by atoms with Crippen molar-refractivity contribution in [2.24, 2.45) is 0 Å². The average molecular weight is 175 g/mol. The zero-order chi connectivity index (χ0) is 9.26. The molecule has 2 rings (SSSR count). The van der Waals surface area contributed by atoms with E-state index in [2.05, 4.69) is 10.1 Å². The second-order valence-electron chi connectivity index (χ2n) is 2.76. The summed E-state index contributed by atoms with van der Waals surface area (Å²) in [5.74, 6) is 0.869. The van der Waals surface area contributed by atoms with Crippen molar-refractivity contribution in [3.63, 3.8) is 0 Å². The van der Waals surface area contributed by atoms with E-state index in [0.29, 0.717) is 5.82 Å². The van der Waals surface area contributed by atoms with Crippen LogP contribution in [0.25, 0.3) is 5.82 Å². The molecule has 0 spiro atoms. The van der Waals surface area contributed by atoms with Gasteiger partial charge in [-0.3, -0.25) is 0 Å². The van der Waals surface area contributed by atoms with E-state index < -0.39 is 0 Å². The lowest BCUT2D eigenvalue weighted by Crippen LogP contribution is -2.00. The van der Waals surface area contributed by atoms with Gasteiger partial charge in [-0.05, 0) is 25.1 Å². The highest BCUT2D eigenvalue weighted by molar-refractivity contribution is 5.28. The summed E-state index contributed by atoms with van der Waals surface area (Å²) in [6.07, 6.45) is 3.11. The molecule has 0 amide bonds. The van der Waals surface area contributed by atoms with E-state index in [9.17, 15) is 0 Å². The maximum Gasteiger partial charge on any atom is 0.153 e. The summed E-state index contributed by atoms with van der Waals surface area (Å²) in [6.45, 7) is 1.95. The Balaban J connectivity index is 2.47. The topological polar surface area (TPSA) is 50.9 Å². The van der Waals surface area contributed by atoms with Crippen LogP contribution in [0.2, 0.25) is 0 Å². The predicted molar refractivity (Wildman–Crippen MR) is 47.8 cm³/mol. The van der Waals surface area contributed by atoms with E-state index in [-0.39, 0.29) is 5.75 Å². The van der Waals surface area contributed by atoms with Gasteiger partial charge in [0.15, 0.2) is 5.82 Å². The van der Waals surface area contributed by atoms with Crippen LogP contribution < -0.4 is 0 Å². The molecule has 13 heavy (non-hydrogen) atoms. The van der Waals surface area contributed by atoms with Gasteiger partial charge in [0.1, 0.15) is 5.75 Å². The monoisotopic (exact) mass is 175 g/mol. The number of hydrogen-bond acceptors (Lipinski definition) is 3. The zero-order valence-electron chi connectivity index (χ0n) is 7.18. The summed E-state index contributed by atoms with van der Waals surface area (Å²) < 4.78 is 1.71. The fraction of sp³-hybridized carbons (Fsp3) is 0.111. The summed E-state index contributed by atoms with van der Waals surface area (Å²) in [5, 5.41) is 13.1. The molecule has 0 saturated carbocycles. The lowest BCUT2D eigenvalue weighted by Gasteiger charge is -2.01. The maximum absolute atomic E-state index is 9.03. The molecule has 66 valence electrons. The molecule has 0 fully saturated rings. The van der Waals surface area contributed by atoms with Crippen LogP contribution >= 0.6 is 0 Å². The summed E-state index contributed by atoms with van der Waals surface area (Å²) in [6, 6.07) is 5.20. The minimum atomic E-state index is 0.161. The molecule has 0 radical (unpaired) electrons. The third-order valence-electron chi connectivity index (χ3n) is 1.78. The van der Waals surface area contributed by atoms with Crippen LogP contribution in [-0.2, 0) is 0 Å². The lowest BCUT2D eigenvalue weighted by molar-refractivity contribution is 0.472. The number of hydrogen-bond donors (Lipinski definition) is 1. The molecule has 4 nitrogen and oxygen atoms in total. The Labute approximate surface area is 75.5 Å². The highest BCUT2D eigenvalue weighted by Gasteiger charge is 2.00. The van der Waals surface area contributed by atoms with Gasteiger partial charge in [0, 0.05) is 11.9 Å². The van der Waals surface area contributed by atoms with Crippen LogP contribution in [-0.4, -0.2) is 19.9 Å². The van der Waals surface area contributed by atoms with Crippen molar-refractivity contribution in [3.05, 3.63) is 36.3 Å². The van der Waals surface area contributed by atoms with Crippen LogP contribution in [0, 0.1) is 6.92 Å². The average Bonchev–Trinajstić information content (AvgIpc) is 2.53. The standard InChI is InChI=1S/C9H9N3O/c1-7-4-5-11-12(7)9-3-2-8(13)6-10-9/h2-6,13H,1H3. The third kappa shape index (κ3) is 1.38. The lowest BCUT2D eigenvalue weighted by atomic mass is 10.4. The van der Waals surface area contributed by atoms with Crippen LogP contribution in [0.1, 0.15) is 5.69 Å². The number of aryl methyl sites for hydroxylation is 1. The fourth-order valence-electron chi connectivity index (χ4n) is 1.11. The summed E-state index contributed by atoms with van der Waals surface area (Å²) in [5.41, 5.74) is 1.01. The largest absolute Gasteiger partial charge is 0.506 e. The summed E-state index contributed by atoms with van der Waals surface area (Å²) >= 11 is 0. The minimum Gasteiger partial charge on any atom is -0.506 e. The van der Waals surface area contributed by atoms with E-state index in [4.69, 9.17) is 5.11 Å². The highest BCUT2D eigenvalue weighted by Crippen LogP contribution is 2.10. The number of nitrogens with zero attached hydrogens (tertiary/aromatic N) is 3. The molecule has 0 aromatic carbocycles. The molecule has 0 saturated heterocycles. The van der Waals surface area contributed by atoms with E-state index in [1.54, 1.807) is 23.0 Å². The van der Waals surface area contributed by atoms with Gasteiger partial charge >= 0.3 is 0 Å². The van der Waals surface area contributed by atoms with Crippen molar-refractivity contribution < 1.29 is 5.11 Å². The highest BCUT2D eigenvalue weighted by atomic mass is 16.3. The van der Waals surface area contributed by atoms with Gasteiger partial charge < -0.3 is 5.11 Å². The smallest absolute Gasteiger partial charge is 0.153 e. The van der Waals surface area contributed by atoms with Gasteiger partial charge in [-0.2, -0.15) is 5.10 Å². The van der Waals surface area contributed by atoms with Crippen LogP contribution in [0.5, 0.6) is 5.75 Å². The molecule has 2 aromatic heterocycles. The van der Waals surface area contributed by atoms with Crippen LogP contribution in [0.3, 0.4) is 0 Å². The van der Waals surface area contributed by atoms with Crippen molar-refractivity contribution >= 4 is 0 Å². The van der Waals surface area contributed by atoms with Crippen molar-refractivity contribution in [2.75, 3.05) is 0 Å². The van der Waals surface area contributed by atoms with Gasteiger partial charge in [0.25, 0.3) is 0 Å². The minimum absolute atomic E-state index is 0.161. The molecule has 0 atom stereocenters. The molecule has 2 heterocycles. The van der Waals surface area contributed by atoms with E-state index >= 15 is 0 Å². The Kier molecular flexibility index (Phi) is 1.73. The number of aromatic hydroxyl groups is 1. The first-order valence-corrected chi connectivity index (χ1v) is 3.93. The Morgan fingerprint density at radius 3 is 2.69 bits per heavy atom. The molecule has 0 aliphatic heterocycles. The molecule has 1 N–H and O–H groups in total. The van der Waals surface area contributed by atoms with Crippen molar-refractivity contribution in [1.29, 1.82) is 0 Å². The Bertz CT molecular complexity index is 405. The van der Waals surface area contributed by atoms with E-state index in [1.165, 1.54) is 6.20 Å². The second-order valence-corrected chi connectivity index (χ2v) is 2.76. The SMILES string of the molecule is Cc1ccnn1-c1ccc(O)cn1. The predicted octanol–water partition coefficient (Wildman–Crippen LogP) is 1.28. The van der Waals surface area contributed by atoms with Crippen molar-refractivity contribution in [3.8, 4) is 11.6 Å². The quantitative estimate of drug-likeness (QED) is 0.710. The molecule has 0 bridgehead atoms. The van der Waals surface area contributed by atoms with Gasteiger partial charge in [0.2, 0.25) is 0 Å². The molecular weight excluding hydrogens is 166 g/mol. The first-order chi connectivity index (χ1) is 6.27. The molecule has 2 aromatic rings. The van der Waals surface area contributed by atoms with Gasteiger partial charge in [0.05, 0.1) is 6.20 Å². The van der Waals surface area contributed by atoms with Crippen molar-refractivity contribution in [1.82, 2.24) is 14.8 Å². The Morgan fingerprint density at radius 2 is 2.15 bits per heavy atom. The number of pyridine rings is 1. The summed E-state index contributed by atoms with van der Waals surface area (Å²) in [4.78, 5) is 4.03. The number of aromatic nitrogens is 3. The second kappa shape index (κ2) is 2.90. The maximum atomic E-state index is 9.03. The molecular formula is C9H9N3O. The first kappa shape index (κ1) is 7.79. The van der Waals surface area contributed by atoms with Crippen LogP contribution in [0.4, 0.5) is 0 Å². The molecule has 0 unspecified atom stereocenters. The van der Waals surface area contributed by atoms with Gasteiger partial charge in [-0.25, -0.2) is 9.67 Å². The number of rotatable bonds is 1. The van der Waals surface area contributed by atoms with E-state index in [1.807, 2.05) is 13.0 Å². The third-order valence-corrected chi connectivity index (χ3v) is 1.78. The first-order valence-electron chi connectivity index (χ1n) is 3.93. The molecule has 4 heteroatoms. The Morgan fingerprint density at radius 1 is 1.31 bits per heavy atom. The zero-order valence-corrected chi connectivity index (χ0v) is 7.18. The summed E-state index contributed by atoms with van der Waals surface area (Å²) in [7, 11) is 0. The molecule has 0 aliphatic rings. The van der Waals surface area contributed by atoms with Gasteiger partial charge in [-0.15, -0.1) is 0 Å². The van der Waals surface area contributed by atoms with Crippen LogP contribution in [0.15, 0.2) is 30.6 Å². The molecule has 0 aliphatic carbocycles. The van der Waals surface area contributed by atoms with Gasteiger partial charge in [-0.1, -0.05) is 0 Å². The fourth-order valence-corrected chi connectivity index (χ4v) is 1.11. The normalized spacial score (nSPS) is 10.2.